The molecule has 3 rings (SSSR count). The molecule has 5 heteroatoms. The fourth-order valence-corrected chi connectivity index (χ4v) is 3.68. The molecule has 0 radical (unpaired) electrons. The number of alkyl halides is 1. The molecule has 2 heterocycles. The smallest absolute Gasteiger partial charge is 0.328 e. The van der Waals surface area contributed by atoms with E-state index in [0.29, 0.717) is 6.42 Å². The SMILES string of the molecule is CC(=O)[C@@H]1C[C@@H]2OC(=O)[C@@]1(Br)C=C2Br. The minimum absolute atomic E-state index is 0.0137. The molecule has 2 bridgehead atoms. The van der Waals surface area contributed by atoms with Crippen LogP contribution in [0.4, 0.5) is 0 Å². The number of Topliss-reactive ketones (excluding diaryl/α,β-unsaturated/α-hetero) is 1. The van der Waals surface area contributed by atoms with E-state index in [0.717, 1.165) is 4.48 Å². The number of carbonyl (C=O) groups is 2. The highest BCUT2D eigenvalue weighted by atomic mass is 79.9. The van der Waals surface area contributed by atoms with Crippen molar-refractivity contribution < 1.29 is 14.3 Å². The molecule has 0 aromatic carbocycles. The first-order valence-electron chi connectivity index (χ1n) is 4.24. The van der Waals surface area contributed by atoms with Crippen molar-refractivity contribution in [3.63, 3.8) is 0 Å². The van der Waals surface area contributed by atoms with Crippen LogP contribution in [0.1, 0.15) is 13.3 Å². The van der Waals surface area contributed by atoms with E-state index in [4.69, 9.17) is 4.74 Å². The monoisotopic (exact) mass is 322 g/mol. The highest BCUT2D eigenvalue weighted by molar-refractivity contribution is 9.12. The lowest BCUT2D eigenvalue weighted by molar-refractivity contribution is -0.160. The zero-order valence-corrected chi connectivity index (χ0v) is 10.6. The molecule has 76 valence electrons. The van der Waals surface area contributed by atoms with Crippen LogP contribution in [0.5, 0.6) is 0 Å². The minimum atomic E-state index is -0.952. The van der Waals surface area contributed by atoms with Crippen LogP contribution >= 0.6 is 31.9 Å². The average molecular weight is 324 g/mol. The molecule has 3 atom stereocenters. The Kier molecular flexibility index (Phi) is 2.34. The van der Waals surface area contributed by atoms with E-state index in [1.165, 1.54) is 6.92 Å². The molecule has 0 unspecified atom stereocenters. The Hall–Kier alpha value is -0.160. The van der Waals surface area contributed by atoms with E-state index < -0.39 is 4.32 Å². The molecule has 3 nitrogen and oxygen atoms in total. The van der Waals surface area contributed by atoms with E-state index >= 15 is 0 Å². The van der Waals surface area contributed by atoms with Crippen LogP contribution < -0.4 is 0 Å². The van der Waals surface area contributed by atoms with Gasteiger partial charge < -0.3 is 4.74 Å². The Morgan fingerprint density at radius 1 is 1.71 bits per heavy atom. The summed E-state index contributed by atoms with van der Waals surface area (Å²) in [4.78, 5) is 22.9. The molecular formula is C9H8Br2O3. The van der Waals surface area contributed by atoms with Gasteiger partial charge in [-0.05, 0) is 13.0 Å². The van der Waals surface area contributed by atoms with E-state index in [2.05, 4.69) is 31.9 Å². The second-order valence-corrected chi connectivity index (χ2v) is 5.82. The molecule has 1 aliphatic carbocycles. The van der Waals surface area contributed by atoms with E-state index in [1.54, 1.807) is 6.08 Å². The summed E-state index contributed by atoms with van der Waals surface area (Å²) in [5, 5.41) is 0. The summed E-state index contributed by atoms with van der Waals surface area (Å²) in [7, 11) is 0. The van der Waals surface area contributed by atoms with Crippen molar-refractivity contribution >= 4 is 43.6 Å². The molecular weight excluding hydrogens is 316 g/mol. The minimum Gasteiger partial charge on any atom is -0.456 e. The van der Waals surface area contributed by atoms with Gasteiger partial charge in [-0.2, -0.15) is 0 Å². The molecule has 0 aromatic heterocycles. The van der Waals surface area contributed by atoms with Crippen LogP contribution in [0.2, 0.25) is 0 Å². The largest absolute Gasteiger partial charge is 0.456 e. The van der Waals surface area contributed by atoms with Gasteiger partial charge in [-0.15, -0.1) is 0 Å². The predicted octanol–water partition coefficient (Wildman–Crippen LogP) is 1.93. The summed E-state index contributed by atoms with van der Waals surface area (Å²) in [6.45, 7) is 1.50. The Morgan fingerprint density at radius 3 is 2.93 bits per heavy atom. The van der Waals surface area contributed by atoms with Crippen LogP contribution in [0, 0.1) is 5.92 Å². The highest BCUT2D eigenvalue weighted by Crippen LogP contribution is 2.47. The number of fused-ring (bicyclic) bond motifs is 2. The second-order valence-electron chi connectivity index (χ2n) is 3.59. The standard InChI is InChI=1S/C9H8Br2O3/c1-4(12)5-2-7-6(10)3-9(5,11)8(13)14-7/h3,5,7H,2H2,1H3/t5-,7-,9+/m0/s1. The molecule has 0 spiro atoms. The van der Waals surface area contributed by atoms with Crippen molar-refractivity contribution in [3.8, 4) is 0 Å². The number of carbonyl (C=O) groups excluding carboxylic acids is 2. The van der Waals surface area contributed by atoms with Gasteiger partial charge in [0, 0.05) is 10.9 Å². The molecule has 0 N–H and O–H groups in total. The van der Waals surface area contributed by atoms with E-state index in [-0.39, 0.29) is 23.8 Å². The Bertz CT molecular complexity index is 350. The normalized spacial score (nSPS) is 40.5. The number of rotatable bonds is 1. The van der Waals surface area contributed by atoms with E-state index in [1.807, 2.05) is 0 Å². The fourth-order valence-electron chi connectivity index (χ4n) is 1.88. The van der Waals surface area contributed by atoms with Crippen LogP contribution in [0.3, 0.4) is 0 Å². The predicted molar refractivity (Wildman–Crippen MR) is 57.3 cm³/mol. The third kappa shape index (κ3) is 1.29. The summed E-state index contributed by atoms with van der Waals surface area (Å²) >= 11 is 6.63. The first-order valence-corrected chi connectivity index (χ1v) is 5.82. The van der Waals surface area contributed by atoms with Crippen LogP contribution in [0.25, 0.3) is 0 Å². The van der Waals surface area contributed by atoms with Gasteiger partial charge >= 0.3 is 5.97 Å². The summed E-state index contributed by atoms with van der Waals surface area (Å²) in [6.07, 6.45) is 2.01. The van der Waals surface area contributed by atoms with Crippen molar-refractivity contribution in [2.24, 2.45) is 5.92 Å². The Balaban J connectivity index is 2.47. The number of hydrogen-bond acceptors (Lipinski definition) is 3. The van der Waals surface area contributed by atoms with Crippen molar-refractivity contribution in [2.75, 3.05) is 0 Å². The van der Waals surface area contributed by atoms with Crippen LogP contribution in [-0.4, -0.2) is 22.2 Å². The van der Waals surface area contributed by atoms with Gasteiger partial charge in [0.15, 0.2) is 4.32 Å². The zero-order chi connectivity index (χ0) is 10.5. The van der Waals surface area contributed by atoms with Gasteiger partial charge in [0.2, 0.25) is 0 Å². The van der Waals surface area contributed by atoms with Gasteiger partial charge in [-0.1, -0.05) is 31.9 Å². The highest BCUT2D eigenvalue weighted by Gasteiger charge is 2.55. The Morgan fingerprint density at radius 2 is 2.36 bits per heavy atom. The van der Waals surface area contributed by atoms with Gasteiger partial charge in [0.25, 0.3) is 0 Å². The van der Waals surface area contributed by atoms with Gasteiger partial charge in [0.05, 0.1) is 5.92 Å². The number of halogens is 2. The molecule has 14 heavy (non-hydrogen) atoms. The molecule has 1 saturated heterocycles. The van der Waals surface area contributed by atoms with Gasteiger partial charge in [-0.3, -0.25) is 9.59 Å². The maximum atomic E-state index is 11.6. The summed E-state index contributed by atoms with van der Waals surface area (Å²) in [6, 6.07) is 0. The van der Waals surface area contributed by atoms with Gasteiger partial charge in [-0.25, -0.2) is 0 Å². The molecule has 0 amide bonds. The van der Waals surface area contributed by atoms with Gasteiger partial charge in [0.1, 0.15) is 11.9 Å². The van der Waals surface area contributed by atoms with Crippen LogP contribution in [0.15, 0.2) is 10.6 Å². The van der Waals surface area contributed by atoms with E-state index in [9.17, 15) is 9.59 Å². The lowest BCUT2D eigenvalue weighted by atomic mass is 9.78. The lowest BCUT2D eigenvalue weighted by Crippen LogP contribution is -2.54. The number of ether oxygens (including phenoxy) is 1. The number of ketones is 1. The molecule has 2 aliphatic heterocycles. The second kappa shape index (κ2) is 3.17. The molecule has 0 aromatic rings. The number of esters is 1. The van der Waals surface area contributed by atoms with Crippen molar-refractivity contribution in [3.05, 3.63) is 10.6 Å². The fraction of sp³-hybridized carbons (Fsp3) is 0.556. The first-order chi connectivity index (χ1) is 6.45. The average Bonchev–Trinajstić information content (AvgIpc) is 2.06. The Labute approximate surface area is 98.1 Å². The zero-order valence-electron chi connectivity index (χ0n) is 7.42. The maximum absolute atomic E-state index is 11.6. The van der Waals surface area contributed by atoms with Crippen molar-refractivity contribution in [1.82, 2.24) is 0 Å². The van der Waals surface area contributed by atoms with Crippen molar-refractivity contribution in [1.29, 1.82) is 0 Å². The van der Waals surface area contributed by atoms with Crippen molar-refractivity contribution in [2.45, 2.75) is 23.8 Å². The third-order valence-corrected chi connectivity index (χ3v) is 4.51. The summed E-state index contributed by atoms with van der Waals surface area (Å²) in [5.74, 6) is -0.660. The first kappa shape index (κ1) is 10.4. The molecule has 1 fully saturated rings. The quantitative estimate of drug-likeness (QED) is 0.547. The lowest BCUT2D eigenvalue weighted by Gasteiger charge is -2.42. The summed E-state index contributed by atoms with van der Waals surface area (Å²) < 4.78 is 5.02. The third-order valence-electron chi connectivity index (χ3n) is 2.67. The molecule has 0 saturated carbocycles. The topological polar surface area (TPSA) is 43.4 Å². The summed E-state index contributed by atoms with van der Waals surface area (Å²) in [5.41, 5.74) is 0. The number of hydrogen-bond donors (Lipinski definition) is 0. The molecule has 3 aliphatic rings. The van der Waals surface area contributed by atoms with Crippen LogP contribution in [-0.2, 0) is 14.3 Å². The maximum Gasteiger partial charge on any atom is 0.328 e.